The summed E-state index contributed by atoms with van der Waals surface area (Å²) in [5.74, 6) is 0.714. The Bertz CT molecular complexity index is 3880. The van der Waals surface area contributed by atoms with Crippen molar-refractivity contribution in [3.63, 3.8) is 0 Å². The van der Waals surface area contributed by atoms with Crippen molar-refractivity contribution in [2.75, 3.05) is 0 Å². The molecule has 12 aromatic rings. The number of hydrogen-bond acceptors (Lipinski definition) is 3. The molecule has 1 aliphatic rings. The quantitative estimate of drug-likeness (QED) is 0.174. The second kappa shape index (κ2) is 13.9. The SMILES string of the molecule is CC1(C)c2cc3ccccc3cc2-c2c(-c3cc(-c4ccc5cc(-c6cccc(-c7ccc8oc9cc%10ccccc%10cc9c8c7)c6)ccc5c4)nc(-c4ccccc4)n3)cccc21. The summed E-state index contributed by atoms with van der Waals surface area (Å²) < 4.78 is 6.31. The zero-order valence-corrected chi connectivity index (χ0v) is 35.4. The Hall–Kier alpha value is -8.14. The molecule has 64 heavy (non-hydrogen) atoms. The van der Waals surface area contributed by atoms with Gasteiger partial charge in [-0.1, -0.05) is 159 Å². The summed E-state index contributed by atoms with van der Waals surface area (Å²) in [5.41, 5.74) is 16.5. The van der Waals surface area contributed by atoms with Crippen molar-refractivity contribution in [1.82, 2.24) is 9.97 Å². The Kier molecular flexibility index (Phi) is 7.95. The first-order valence-corrected chi connectivity index (χ1v) is 22.0. The minimum Gasteiger partial charge on any atom is -0.456 e. The molecule has 3 heteroatoms. The Balaban J connectivity index is 0.882. The molecule has 300 valence electrons. The van der Waals surface area contributed by atoms with Gasteiger partial charge in [-0.15, -0.1) is 0 Å². The molecular formula is C61H40N2O. The van der Waals surface area contributed by atoms with Crippen LogP contribution in [0.4, 0.5) is 0 Å². The van der Waals surface area contributed by atoms with Crippen LogP contribution in [0.1, 0.15) is 25.0 Å². The molecule has 1 aliphatic carbocycles. The van der Waals surface area contributed by atoms with E-state index in [1.165, 1.54) is 65.9 Å². The van der Waals surface area contributed by atoms with Gasteiger partial charge in [0.15, 0.2) is 5.82 Å². The van der Waals surface area contributed by atoms with E-state index in [2.05, 4.69) is 214 Å². The number of furan rings is 1. The van der Waals surface area contributed by atoms with Crippen LogP contribution in [-0.4, -0.2) is 9.97 Å². The second-order valence-electron chi connectivity index (χ2n) is 17.8. The highest BCUT2D eigenvalue weighted by Gasteiger charge is 2.37. The van der Waals surface area contributed by atoms with Crippen LogP contribution in [-0.2, 0) is 5.41 Å². The van der Waals surface area contributed by atoms with Crippen LogP contribution < -0.4 is 0 Å². The van der Waals surface area contributed by atoms with Crippen molar-refractivity contribution < 1.29 is 4.42 Å². The molecule has 0 saturated carbocycles. The van der Waals surface area contributed by atoms with Crippen LogP contribution in [0.5, 0.6) is 0 Å². The maximum absolute atomic E-state index is 6.31. The smallest absolute Gasteiger partial charge is 0.160 e. The lowest BCUT2D eigenvalue weighted by atomic mass is 9.81. The Morgan fingerprint density at radius 2 is 0.906 bits per heavy atom. The monoisotopic (exact) mass is 816 g/mol. The average Bonchev–Trinajstić information content (AvgIpc) is 3.81. The zero-order chi connectivity index (χ0) is 42.5. The molecule has 0 atom stereocenters. The largest absolute Gasteiger partial charge is 0.456 e. The lowest BCUT2D eigenvalue weighted by molar-refractivity contribution is 0.661. The molecule has 0 N–H and O–H groups in total. The van der Waals surface area contributed by atoms with E-state index >= 15 is 0 Å². The van der Waals surface area contributed by atoms with E-state index in [1.807, 2.05) is 6.07 Å². The summed E-state index contributed by atoms with van der Waals surface area (Å²) >= 11 is 0. The maximum atomic E-state index is 6.31. The highest BCUT2D eigenvalue weighted by atomic mass is 16.3. The molecule has 2 heterocycles. The third-order valence-corrected chi connectivity index (χ3v) is 13.6. The van der Waals surface area contributed by atoms with Crippen molar-refractivity contribution in [3.8, 4) is 67.3 Å². The molecule has 0 radical (unpaired) electrons. The highest BCUT2D eigenvalue weighted by molar-refractivity contribution is 6.11. The summed E-state index contributed by atoms with van der Waals surface area (Å²) in [6, 6.07) is 74.4. The van der Waals surface area contributed by atoms with Crippen LogP contribution >= 0.6 is 0 Å². The van der Waals surface area contributed by atoms with E-state index < -0.39 is 0 Å². The fraction of sp³-hybridized carbons (Fsp3) is 0.0492. The highest BCUT2D eigenvalue weighted by Crippen LogP contribution is 2.53. The van der Waals surface area contributed by atoms with Gasteiger partial charge in [0.2, 0.25) is 0 Å². The van der Waals surface area contributed by atoms with Gasteiger partial charge in [-0.2, -0.15) is 0 Å². The van der Waals surface area contributed by atoms with E-state index in [4.69, 9.17) is 14.4 Å². The third kappa shape index (κ3) is 5.82. The predicted molar refractivity (Wildman–Crippen MR) is 267 cm³/mol. The molecule has 3 nitrogen and oxygen atoms in total. The van der Waals surface area contributed by atoms with E-state index in [-0.39, 0.29) is 5.41 Å². The summed E-state index contributed by atoms with van der Waals surface area (Å²) in [6.45, 7) is 4.69. The maximum Gasteiger partial charge on any atom is 0.160 e. The van der Waals surface area contributed by atoms with Crippen molar-refractivity contribution >= 4 is 54.3 Å². The molecule has 0 unspecified atom stereocenters. The number of fused-ring (bicyclic) bond motifs is 9. The molecule has 13 rings (SSSR count). The van der Waals surface area contributed by atoms with Crippen LogP contribution in [0, 0.1) is 0 Å². The summed E-state index contributed by atoms with van der Waals surface area (Å²) in [5, 5.41) is 9.52. The van der Waals surface area contributed by atoms with Crippen LogP contribution in [0.15, 0.2) is 211 Å². The molecule has 0 amide bonds. The minimum atomic E-state index is -0.151. The Morgan fingerprint density at radius 1 is 0.344 bits per heavy atom. The van der Waals surface area contributed by atoms with Gasteiger partial charge in [0.05, 0.1) is 11.4 Å². The van der Waals surface area contributed by atoms with Crippen LogP contribution in [0.3, 0.4) is 0 Å². The first kappa shape index (κ1) is 36.5. The molecular weight excluding hydrogens is 777 g/mol. The summed E-state index contributed by atoms with van der Waals surface area (Å²) in [6.07, 6.45) is 0. The van der Waals surface area contributed by atoms with Crippen molar-refractivity contribution in [2.24, 2.45) is 0 Å². The number of aromatic nitrogens is 2. The minimum absolute atomic E-state index is 0.151. The zero-order valence-electron chi connectivity index (χ0n) is 35.4. The first-order valence-electron chi connectivity index (χ1n) is 22.0. The van der Waals surface area contributed by atoms with Crippen molar-refractivity contribution in [1.29, 1.82) is 0 Å². The van der Waals surface area contributed by atoms with E-state index in [0.717, 1.165) is 61.0 Å². The van der Waals surface area contributed by atoms with E-state index in [0.29, 0.717) is 5.82 Å². The topological polar surface area (TPSA) is 38.9 Å². The van der Waals surface area contributed by atoms with Gasteiger partial charge < -0.3 is 4.42 Å². The number of nitrogens with zero attached hydrogens (tertiary/aromatic N) is 2. The predicted octanol–water partition coefficient (Wildman–Crippen LogP) is 16.5. The fourth-order valence-electron chi connectivity index (χ4n) is 10.2. The van der Waals surface area contributed by atoms with Gasteiger partial charge in [0.1, 0.15) is 11.2 Å². The van der Waals surface area contributed by atoms with Gasteiger partial charge in [-0.3, -0.25) is 0 Å². The molecule has 0 saturated heterocycles. The fourth-order valence-corrected chi connectivity index (χ4v) is 10.2. The number of benzene rings is 10. The summed E-state index contributed by atoms with van der Waals surface area (Å²) in [4.78, 5) is 10.6. The number of hydrogen-bond donors (Lipinski definition) is 0. The normalized spacial score (nSPS) is 13.0. The number of rotatable bonds is 5. The third-order valence-electron chi connectivity index (χ3n) is 13.6. The average molecular weight is 817 g/mol. The van der Waals surface area contributed by atoms with E-state index in [1.54, 1.807) is 0 Å². The van der Waals surface area contributed by atoms with Gasteiger partial charge in [-0.05, 0) is 137 Å². The molecule has 0 bridgehead atoms. The first-order chi connectivity index (χ1) is 31.4. The molecule has 0 fully saturated rings. The van der Waals surface area contributed by atoms with E-state index in [9.17, 15) is 0 Å². The lowest BCUT2D eigenvalue weighted by Crippen LogP contribution is -2.14. The lowest BCUT2D eigenvalue weighted by Gasteiger charge is -2.22. The standard InChI is InChI=1S/C61H40N2O/c1-61(2)53-21-11-20-49(59(53)52-33-41-15-6-8-16-42(41)34-54(52)61)56-36-55(62-60(63-56)37-12-4-3-5-13-37)48-25-24-45-29-44(22-23-46(45)30-48)38-18-10-19-39(28-38)47-26-27-57-50(32-47)51-31-40-14-7-9-17-43(40)35-58(51)64-57/h3-36H,1-2H3. The Labute approximate surface area is 371 Å². The summed E-state index contributed by atoms with van der Waals surface area (Å²) in [7, 11) is 0. The second-order valence-corrected chi connectivity index (χ2v) is 17.8. The van der Waals surface area contributed by atoms with Crippen LogP contribution in [0.25, 0.3) is 122 Å². The molecule has 0 spiro atoms. The van der Waals surface area contributed by atoms with Crippen LogP contribution in [0.2, 0.25) is 0 Å². The Morgan fingerprint density at radius 3 is 1.69 bits per heavy atom. The van der Waals surface area contributed by atoms with Crippen molar-refractivity contribution in [2.45, 2.75) is 19.3 Å². The van der Waals surface area contributed by atoms with Gasteiger partial charge >= 0.3 is 0 Å². The van der Waals surface area contributed by atoms with Gasteiger partial charge in [-0.25, -0.2) is 9.97 Å². The van der Waals surface area contributed by atoms with Gasteiger partial charge in [0, 0.05) is 32.9 Å². The van der Waals surface area contributed by atoms with Gasteiger partial charge in [0.25, 0.3) is 0 Å². The molecule has 2 aromatic heterocycles. The molecule has 10 aromatic carbocycles. The van der Waals surface area contributed by atoms with Crippen molar-refractivity contribution in [3.05, 3.63) is 217 Å². The molecule has 0 aliphatic heterocycles.